The van der Waals surface area contributed by atoms with Crippen molar-refractivity contribution in [3.8, 4) is 28.6 Å². The van der Waals surface area contributed by atoms with Crippen molar-refractivity contribution in [2.75, 3.05) is 35.6 Å². The fraction of sp³-hybridized carbons (Fsp3) is 0.244. The normalized spacial score (nSPS) is 17.2. The second-order valence-corrected chi connectivity index (χ2v) is 16.5. The van der Waals surface area contributed by atoms with Gasteiger partial charge >= 0.3 is 0 Å². The first-order chi connectivity index (χ1) is 26.2. The molecule has 9 nitrogen and oxygen atoms in total. The summed E-state index contributed by atoms with van der Waals surface area (Å²) in [5.41, 5.74) is 6.53. The maximum Gasteiger partial charge on any atom is 0.272 e. The largest absolute Gasteiger partial charge is 0.370 e. The lowest BCUT2D eigenvalue weighted by atomic mass is 9.99. The molecule has 0 spiro atoms. The number of aromatic nitrogens is 3. The average Bonchev–Trinajstić information content (AvgIpc) is 3.91. The number of nitriles is 1. The minimum atomic E-state index is -0.916. The van der Waals surface area contributed by atoms with Crippen LogP contribution in [0.2, 0.25) is 15.1 Å². The molecule has 4 aromatic carbocycles. The molecule has 0 radical (unpaired) electrons. The standard InChI is InChI=1S/C41H36Cl3N7O2S/c1-25(31-11-9-28(42)21-33(31)44)50-24-46-38(27-6-3-2-4-7-27)40(50)37-32-12-10-29(43)22-34(32)47-39(37)41(52)48-35-20-26(23-45)8-13-36(35)49-17-14-30(15-18-49)51-16-5-19-54(51)53/h2-4,6-13,20-22,24-25,30,47H,5,14-19H2,1H3,(H,48,52). The molecule has 6 aromatic rings. The van der Waals surface area contributed by atoms with Gasteiger partial charge in [0.15, 0.2) is 0 Å². The van der Waals surface area contributed by atoms with Crippen LogP contribution in [0.25, 0.3) is 33.4 Å². The molecule has 2 N–H and O–H groups in total. The number of aromatic amines is 1. The van der Waals surface area contributed by atoms with E-state index in [2.05, 4.69) is 25.6 Å². The number of hydrogen-bond donors (Lipinski definition) is 2. The molecule has 0 bridgehead atoms. The van der Waals surface area contributed by atoms with Crippen molar-refractivity contribution in [1.29, 1.82) is 5.26 Å². The number of carbonyl (C=O) groups is 1. The van der Waals surface area contributed by atoms with E-state index in [4.69, 9.17) is 39.8 Å². The van der Waals surface area contributed by atoms with E-state index < -0.39 is 11.0 Å². The molecule has 2 unspecified atom stereocenters. The van der Waals surface area contributed by atoms with Gasteiger partial charge in [0.05, 0.1) is 57.8 Å². The number of nitrogens with one attached hydrogen (secondary N) is 2. The number of piperidine rings is 1. The van der Waals surface area contributed by atoms with Gasteiger partial charge in [-0.1, -0.05) is 77.3 Å². The van der Waals surface area contributed by atoms with Crippen LogP contribution < -0.4 is 10.2 Å². The third-order valence-corrected chi connectivity index (χ3v) is 12.9. The molecule has 8 rings (SSSR count). The van der Waals surface area contributed by atoms with Crippen LogP contribution in [-0.2, 0) is 11.0 Å². The number of hydrogen-bond acceptors (Lipinski definition) is 5. The summed E-state index contributed by atoms with van der Waals surface area (Å²) in [5.74, 6) is 0.343. The maximum absolute atomic E-state index is 14.8. The highest BCUT2D eigenvalue weighted by Gasteiger charge is 2.33. The number of amides is 1. The van der Waals surface area contributed by atoms with E-state index >= 15 is 0 Å². The molecule has 0 aliphatic carbocycles. The molecule has 0 saturated carbocycles. The summed E-state index contributed by atoms with van der Waals surface area (Å²) in [6.07, 6.45) is 4.45. The van der Waals surface area contributed by atoms with Gasteiger partial charge in [-0.05, 0) is 74.2 Å². The number of benzene rings is 4. The van der Waals surface area contributed by atoms with Crippen LogP contribution in [-0.4, -0.2) is 60.4 Å². The second kappa shape index (κ2) is 15.2. The molecule has 2 atom stereocenters. The lowest BCUT2D eigenvalue weighted by Gasteiger charge is -2.37. The number of rotatable bonds is 8. The molecule has 54 heavy (non-hydrogen) atoms. The lowest BCUT2D eigenvalue weighted by molar-refractivity contribution is 0.102. The van der Waals surface area contributed by atoms with E-state index in [9.17, 15) is 14.3 Å². The number of carbonyl (C=O) groups excluding carboxylic acids is 1. The summed E-state index contributed by atoms with van der Waals surface area (Å²) < 4.78 is 16.7. The first kappa shape index (κ1) is 36.4. The lowest BCUT2D eigenvalue weighted by Crippen LogP contribution is -2.44. The van der Waals surface area contributed by atoms with E-state index in [0.29, 0.717) is 54.5 Å². The molecular formula is C41H36Cl3N7O2S. The van der Waals surface area contributed by atoms with Gasteiger partial charge in [0, 0.05) is 68.5 Å². The number of halogens is 3. The van der Waals surface area contributed by atoms with E-state index in [1.54, 1.807) is 36.7 Å². The van der Waals surface area contributed by atoms with Crippen molar-refractivity contribution >= 4 is 74.0 Å². The number of anilines is 2. The zero-order valence-electron chi connectivity index (χ0n) is 29.4. The zero-order chi connectivity index (χ0) is 37.5. The Hall–Kier alpha value is -4.63. The molecule has 2 aliphatic rings. The summed E-state index contributed by atoms with van der Waals surface area (Å²) in [4.78, 5) is 25.4. The van der Waals surface area contributed by atoms with Crippen LogP contribution in [0.5, 0.6) is 0 Å². The summed E-state index contributed by atoms with van der Waals surface area (Å²) in [6.45, 7) is 4.36. The van der Waals surface area contributed by atoms with E-state index in [1.807, 2.05) is 66.1 Å². The molecule has 2 aliphatic heterocycles. The van der Waals surface area contributed by atoms with Crippen LogP contribution in [0.4, 0.5) is 11.4 Å². The van der Waals surface area contributed by atoms with Crippen molar-refractivity contribution in [3.63, 3.8) is 0 Å². The predicted molar refractivity (Wildman–Crippen MR) is 219 cm³/mol. The molecule has 4 heterocycles. The Labute approximate surface area is 331 Å². The number of imidazole rings is 1. The van der Waals surface area contributed by atoms with Crippen molar-refractivity contribution in [2.24, 2.45) is 0 Å². The fourth-order valence-corrected chi connectivity index (χ4v) is 9.98. The van der Waals surface area contributed by atoms with Crippen LogP contribution in [0.15, 0.2) is 91.3 Å². The average molecular weight is 797 g/mol. The minimum absolute atomic E-state index is 0.260. The minimum Gasteiger partial charge on any atom is -0.370 e. The monoisotopic (exact) mass is 795 g/mol. The van der Waals surface area contributed by atoms with E-state index in [-0.39, 0.29) is 18.0 Å². The Morgan fingerprint density at radius 3 is 2.46 bits per heavy atom. The third-order valence-electron chi connectivity index (χ3n) is 10.4. The van der Waals surface area contributed by atoms with Gasteiger partial charge in [-0.2, -0.15) is 5.26 Å². The van der Waals surface area contributed by atoms with Crippen molar-refractivity contribution in [2.45, 2.75) is 38.3 Å². The topological polar surface area (TPSA) is 110 Å². The van der Waals surface area contributed by atoms with Gasteiger partial charge in [-0.3, -0.25) is 4.79 Å². The highest BCUT2D eigenvalue weighted by molar-refractivity contribution is 7.82. The first-order valence-electron chi connectivity index (χ1n) is 17.8. The molecule has 1 amide bonds. The molecule has 274 valence electrons. The van der Waals surface area contributed by atoms with Crippen molar-refractivity contribution in [3.05, 3.63) is 123 Å². The van der Waals surface area contributed by atoms with Crippen molar-refractivity contribution < 1.29 is 9.00 Å². The number of nitrogens with zero attached hydrogens (tertiary/aromatic N) is 5. The third kappa shape index (κ3) is 6.91. The molecule has 2 aromatic heterocycles. The Kier molecular flexibility index (Phi) is 10.3. The summed E-state index contributed by atoms with van der Waals surface area (Å²) in [5, 5.41) is 15.4. The number of H-pyrrole nitrogens is 1. The smallest absolute Gasteiger partial charge is 0.272 e. The number of fused-ring (bicyclic) bond motifs is 1. The van der Waals surface area contributed by atoms with Gasteiger partial charge in [-0.25, -0.2) is 13.5 Å². The molecule has 2 saturated heterocycles. The van der Waals surface area contributed by atoms with Gasteiger partial charge in [0.1, 0.15) is 5.69 Å². The van der Waals surface area contributed by atoms with Gasteiger partial charge < -0.3 is 19.8 Å². The van der Waals surface area contributed by atoms with Crippen LogP contribution in [0, 0.1) is 11.3 Å². The Morgan fingerprint density at radius 2 is 1.74 bits per heavy atom. The highest BCUT2D eigenvalue weighted by atomic mass is 35.5. The molecule has 2 fully saturated rings. The van der Waals surface area contributed by atoms with Crippen molar-refractivity contribution in [1.82, 2.24) is 18.8 Å². The molecule has 13 heteroatoms. The summed E-state index contributed by atoms with van der Waals surface area (Å²) in [7, 11) is -0.916. The summed E-state index contributed by atoms with van der Waals surface area (Å²) >= 11 is 19.6. The van der Waals surface area contributed by atoms with Crippen LogP contribution in [0.1, 0.15) is 53.8 Å². The quantitative estimate of drug-likeness (QED) is 0.159. The Morgan fingerprint density at radius 1 is 0.981 bits per heavy atom. The second-order valence-electron chi connectivity index (χ2n) is 13.7. The maximum atomic E-state index is 14.8. The van der Waals surface area contributed by atoms with Gasteiger partial charge in [0.2, 0.25) is 0 Å². The fourth-order valence-electron chi connectivity index (χ4n) is 7.76. The van der Waals surface area contributed by atoms with Gasteiger partial charge in [0.25, 0.3) is 5.91 Å². The van der Waals surface area contributed by atoms with Crippen LogP contribution >= 0.6 is 34.8 Å². The van der Waals surface area contributed by atoms with Gasteiger partial charge in [-0.15, -0.1) is 0 Å². The van der Waals surface area contributed by atoms with E-state index in [1.165, 1.54) is 0 Å². The zero-order valence-corrected chi connectivity index (χ0v) is 32.4. The Balaban J connectivity index is 1.23. The highest BCUT2D eigenvalue weighted by Crippen LogP contribution is 2.43. The first-order valence-corrected chi connectivity index (χ1v) is 20.3. The predicted octanol–water partition coefficient (Wildman–Crippen LogP) is 9.73. The van der Waals surface area contributed by atoms with Crippen LogP contribution in [0.3, 0.4) is 0 Å². The SMILES string of the molecule is CC(c1ccc(Cl)cc1Cl)n1cnc(-c2ccccc2)c1-c1c(C(=O)Nc2cc(C#N)ccc2N2CCC(N3CCCS3=O)CC2)[nH]c2cc(Cl)ccc12. The van der Waals surface area contributed by atoms with E-state index in [0.717, 1.165) is 66.9 Å². The summed E-state index contributed by atoms with van der Waals surface area (Å²) in [6, 6.07) is 28.4. The molecular weight excluding hydrogens is 761 g/mol. The Bertz CT molecular complexity index is 2450.